The van der Waals surface area contributed by atoms with Gasteiger partial charge in [-0.05, 0) is 30.7 Å². The molecule has 3 aromatic rings. The smallest absolute Gasteiger partial charge is 0.295 e. The van der Waals surface area contributed by atoms with Gasteiger partial charge in [0.1, 0.15) is 23.1 Å². The highest BCUT2D eigenvalue weighted by atomic mass is 19.1. The normalized spacial score (nSPS) is 17.5. The van der Waals surface area contributed by atoms with E-state index in [0.29, 0.717) is 13.0 Å². The molecule has 0 bridgehead atoms. The summed E-state index contributed by atoms with van der Waals surface area (Å²) in [5, 5.41) is 11.1. The van der Waals surface area contributed by atoms with Crippen LogP contribution in [0.2, 0.25) is 0 Å². The van der Waals surface area contributed by atoms with E-state index < -0.39 is 35.1 Å². The Morgan fingerprint density at radius 2 is 1.94 bits per heavy atom. The number of ketones is 1. The minimum atomic E-state index is -1.18. The van der Waals surface area contributed by atoms with Crippen LogP contribution in [0.15, 0.2) is 66.8 Å². The van der Waals surface area contributed by atoms with Crippen LogP contribution in [0, 0.1) is 11.6 Å². The number of aryl methyl sites for hydroxylation is 1. The van der Waals surface area contributed by atoms with Gasteiger partial charge in [-0.2, -0.15) is 0 Å². The van der Waals surface area contributed by atoms with Crippen molar-refractivity contribution in [1.82, 2.24) is 14.5 Å². The van der Waals surface area contributed by atoms with E-state index in [0.717, 1.165) is 12.1 Å². The highest BCUT2D eigenvalue weighted by molar-refractivity contribution is 6.46. The molecule has 1 aromatic heterocycles. The first-order valence-corrected chi connectivity index (χ1v) is 10.2. The minimum absolute atomic E-state index is 0.0521. The Morgan fingerprint density at radius 3 is 2.64 bits per heavy atom. The standard InChI is InChI=1S/C24H21F2N3O4/c1-33-19-8-7-15(25)13-17(19)22(30)20-21(16-5-2-3-6-18(16)26)29(24(32)23(20)31)11-4-10-28-12-9-27-14-28/h2-3,5-9,12-14,21,30H,4,10-11H2,1H3. The third kappa shape index (κ3) is 4.21. The number of carbonyl (C=O) groups excluding carboxylic acids is 2. The Balaban J connectivity index is 1.80. The number of Topliss-reactive ketones (excluding diaryl/α,β-unsaturated/α-hetero) is 1. The average Bonchev–Trinajstić information content (AvgIpc) is 3.41. The fourth-order valence-corrected chi connectivity index (χ4v) is 3.98. The van der Waals surface area contributed by atoms with Crippen molar-refractivity contribution < 1.29 is 28.2 Å². The summed E-state index contributed by atoms with van der Waals surface area (Å²) >= 11 is 0. The number of ether oxygens (including phenoxy) is 1. The van der Waals surface area contributed by atoms with E-state index in [4.69, 9.17) is 4.74 Å². The number of aliphatic hydroxyl groups excluding tert-OH is 1. The first-order chi connectivity index (χ1) is 15.9. The summed E-state index contributed by atoms with van der Waals surface area (Å²) in [5.41, 5.74) is -0.372. The van der Waals surface area contributed by atoms with E-state index in [2.05, 4.69) is 4.98 Å². The van der Waals surface area contributed by atoms with Gasteiger partial charge >= 0.3 is 0 Å². The van der Waals surface area contributed by atoms with E-state index in [1.165, 1.54) is 36.3 Å². The summed E-state index contributed by atoms with van der Waals surface area (Å²) in [6.07, 6.45) is 5.47. The van der Waals surface area contributed by atoms with Gasteiger partial charge in [-0.25, -0.2) is 13.8 Å². The quantitative estimate of drug-likeness (QED) is 0.335. The van der Waals surface area contributed by atoms with Crippen LogP contribution in [0.5, 0.6) is 5.75 Å². The Hall–Kier alpha value is -4.01. The molecule has 1 aliphatic rings. The fraction of sp³-hybridized carbons (Fsp3) is 0.208. The number of nitrogens with zero attached hydrogens (tertiary/aromatic N) is 3. The molecule has 0 saturated carbocycles. The molecule has 33 heavy (non-hydrogen) atoms. The molecule has 170 valence electrons. The van der Waals surface area contributed by atoms with Crippen molar-refractivity contribution in [2.24, 2.45) is 0 Å². The van der Waals surface area contributed by atoms with Gasteiger partial charge in [0, 0.05) is 31.0 Å². The molecule has 1 amide bonds. The second kappa shape index (κ2) is 9.23. The van der Waals surface area contributed by atoms with E-state index in [-0.39, 0.29) is 29.0 Å². The molecule has 1 unspecified atom stereocenters. The van der Waals surface area contributed by atoms with Crippen molar-refractivity contribution in [1.29, 1.82) is 0 Å². The number of benzene rings is 2. The predicted molar refractivity (Wildman–Crippen MR) is 115 cm³/mol. The van der Waals surface area contributed by atoms with Crippen LogP contribution in [-0.2, 0) is 16.1 Å². The van der Waals surface area contributed by atoms with Gasteiger partial charge in [0.25, 0.3) is 11.7 Å². The van der Waals surface area contributed by atoms with Crippen molar-refractivity contribution in [3.8, 4) is 5.75 Å². The topological polar surface area (TPSA) is 84.7 Å². The lowest BCUT2D eigenvalue weighted by Crippen LogP contribution is -2.31. The van der Waals surface area contributed by atoms with Crippen LogP contribution >= 0.6 is 0 Å². The van der Waals surface area contributed by atoms with Gasteiger partial charge in [-0.3, -0.25) is 9.59 Å². The number of imidazole rings is 1. The second-order valence-corrected chi connectivity index (χ2v) is 7.51. The fourth-order valence-electron chi connectivity index (χ4n) is 3.98. The number of aromatic nitrogens is 2. The zero-order chi connectivity index (χ0) is 23.5. The molecule has 0 spiro atoms. The number of carbonyl (C=O) groups is 2. The Bertz CT molecular complexity index is 1220. The molecule has 1 aliphatic heterocycles. The van der Waals surface area contributed by atoms with Crippen LogP contribution in [-0.4, -0.2) is 44.9 Å². The Labute approximate surface area is 188 Å². The van der Waals surface area contributed by atoms with Crippen LogP contribution in [0.1, 0.15) is 23.6 Å². The van der Waals surface area contributed by atoms with Gasteiger partial charge in [0.15, 0.2) is 0 Å². The van der Waals surface area contributed by atoms with Crippen LogP contribution in [0.25, 0.3) is 5.76 Å². The van der Waals surface area contributed by atoms with Crippen LogP contribution in [0.3, 0.4) is 0 Å². The summed E-state index contributed by atoms with van der Waals surface area (Å²) in [7, 11) is 1.33. The molecule has 0 aliphatic carbocycles. The van der Waals surface area contributed by atoms with E-state index in [9.17, 15) is 23.5 Å². The Kier molecular flexibility index (Phi) is 6.21. The van der Waals surface area contributed by atoms with Crippen LogP contribution < -0.4 is 4.74 Å². The zero-order valence-corrected chi connectivity index (χ0v) is 17.7. The SMILES string of the molecule is COc1ccc(F)cc1C(O)=C1C(=O)C(=O)N(CCCn2ccnc2)C1c1ccccc1F. The number of rotatable bonds is 7. The summed E-state index contributed by atoms with van der Waals surface area (Å²) in [6.45, 7) is 0.642. The molecule has 1 saturated heterocycles. The van der Waals surface area contributed by atoms with E-state index in [1.807, 2.05) is 4.57 Å². The van der Waals surface area contributed by atoms with Gasteiger partial charge in [0.05, 0.1) is 30.6 Å². The monoisotopic (exact) mass is 453 g/mol. The van der Waals surface area contributed by atoms with E-state index in [1.54, 1.807) is 24.8 Å². The van der Waals surface area contributed by atoms with E-state index >= 15 is 0 Å². The number of hydrogen-bond acceptors (Lipinski definition) is 5. The highest BCUT2D eigenvalue weighted by Gasteiger charge is 2.47. The maximum absolute atomic E-state index is 14.8. The molecule has 2 heterocycles. The molecule has 1 N–H and O–H groups in total. The molecule has 2 aromatic carbocycles. The van der Waals surface area contributed by atoms with Gasteiger partial charge in [-0.15, -0.1) is 0 Å². The first kappa shape index (κ1) is 22.2. The number of methoxy groups -OCH3 is 1. The maximum atomic E-state index is 14.8. The zero-order valence-electron chi connectivity index (χ0n) is 17.7. The molecule has 4 rings (SSSR count). The lowest BCUT2D eigenvalue weighted by Gasteiger charge is -2.25. The summed E-state index contributed by atoms with van der Waals surface area (Å²) < 4.78 is 35.8. The lowest BCUT2D eigenvalue weighted by molar-refractivity contribution is -0.140. The minimum Gasteiger partial charge on any atom is -0.507 e. The molecule has 1 fully saturated rings. The van der Waals surface area contributed by atoms with Crippen molar-refractivity contribution in [3.63, 3.8) is 0 Å². The number of aliphatic hydroxyl groups is 1. The number of amides is 1. The van der Waals surface area contributed by atoms with Crippen LogP contribution in [0.4, 0.5) is 8.78 Å². The molecule has 0 radical (unpaired) electrons. The molecule has 1 atom stereocenters. The third-order valence-electron chi connectivity index (χ3n) is 5.53. The molecular weight excluding hydrogens is 432 g/mol. The highest BCUT2D eigenvalue weighted by Crippen LogP contribution is 2.41. The number of likely N-dealkylation sites (tertiary alicyclic amines) is 1. The van der Waals surface area contributed by atoms with Crippen molar-refractivity contribution in [2.45, 2.75) is 19.0 Å². The molecule has 7 nitrogen and oxygen atoms in total. The van der Waals surface area contributed by atoms with Crippen molar-refractivity contribution >= 4 is 17.4 Å². The third-order valence-corrected chi connectivity index (χ3v) is 5.53. The second-order valence-electron chi connectivity index (χ2n) is 7.51. The van der Waals surface area contributed by atoms with Crippen molar-refractivity contribution in [3.05, 3.63) is 89.5 Å². The van der Waals surface area contributed by atoms with Gasteiger partial charge in [0.2, 0.25) is 0 Å². The van der Waals surface area contributed by atoms with Gasteiger partial charge < -0.3 is 19.3 Å². The molecule has 9 heteroatoms. The lowest BCUT2D eigenvalue weighted by atomic mass is 9.94. The number of halogens is 2. The Morgan fingerprint density at radius 1 is 1.15 bits per heavy atom. The van der Waals surface area contributed by atoms with Crippen molar-refractivity contribution in [2.75, 3.05) is 13.7 Å². The molecular formula is C24H21F2N3O4. The largest absolute Gasteiger partial charge is 0.507 e. The first-order valence-electron chi connectivity index (χ1n) is 10.2. The predicted octanol–water partition coefficient (Wildman–Crippen LogP) is 3.68. The summed E-state index contributed by atoms with van der Waals surface area (Å²) in [4.78, 5) is 31.2. The van der Waals surface area contributed by atoms with Gasteiger partial charge in [-0.1, -0.05) is 18.2 Å². The maximum Gasteiger partial charge on any atom is 0.295 e. The number of hydrogen-bond donors (Lipinski definition) is 1. The summed E-state index contributed by atoms with van der Waals surface area (Å²) in [5.74, 6) is -3.68. The summed E-state index contributed by atoms with van der Waals surface area (Å²) in [6, 6.07) is 7.98. The average molecular weight is 453 g/mol.